The van der Waals surface area contributed by atoms with Crippen molar-refractivity contribution in [1.82, 2.24) is 24.8 Å². The van der Waals surface area contributed by atoms with E-state index in [4.69, 9.17) is 0 Å². The van der Waals surface area contributed by atoms with Gasteiger partial charge in [0.25, 0.3) is 0 Å². The van der Waals surface area contributed by atoms with E-state index in [-0.39, 0.29) is 11.8 Å². The van der Waals surface area contributed by atoms with Crippen LogP contribution in [0.25, 0.3) is 0 Å². The van der Waals surface area contributed by atoms with Gasteiger partial charge in [-0.3, -0.25) is 9.78 Å². The number of carbonyl (C=O) groups is 1. The largest absolute Gasteiger partial charge is 0.339 e. The van der Waals surface area contributed by atoms with Crippen LogP contribution in [0.2, 0.25) is 0 Å². The maximum absolute atomic E-state index is 12.0. The van der Waals surface area contributed by atoms with Crippen molar-refractivity contribution in [2.45, 2.75) is 25.7 Å². The molecule has 124 valence electrons. The van der Waals surface area contributed by atoms with Crippen LogP contribution in [0, 0.1) is 0 Å². The number of carbonyl (C=O) groups excluding carboxylic acids is 1. The fourth-order valence-corrected chi connectivity index (χ4v) is 2.84. The van der Waals surface area contributed by atoms with Gasteiger partial charge in [-0.25, -0.2) is 15.0 Å². The topological polar surface area (TPSA) is 83.9 Å². The van der Waals surface area contributed by atoms with Gasteiger partial charge in [0.2, 0.25) is 11.9 Å². The zero-order valence-corrected chi connectivity index (χ0v) is 13.6. The van der Waals surface area contributed by atoms with Gasteiger partial charge in [0.1, 0.15) is 0 Å². The Labute approximate surface area is 140 Å². The number of hydrogen-bond acceptors (Lipinski definition) is 6. The van der Waals surface area contributed by atoms with Crippen molar-refractivity contribution in [1.29, 1.82) is 0 Å². The predicted octanol–water partition coefficient (Wildman–Crippen LogP) is 2.29. The number of amides is 1. The summed E-state index contributed by atoms with van der Waals surface area (Å²) in [5, 5.41) is 3.13. The number of nitrogens with zero attached hydrogens (tertiary/aromatic N) is 5. The fraction of sp³-hybridized carbons (Fsp3) is 0.353. The van der Waals surface area contributed by atoms with Crippen LogP contribution in [-0.4, -0.2) is 43.8 Å². The smallest absolute Gasteiger partial charge is 0.248 e. The first-order chi connectivity index (χ1) is 11.6. The van der Waals surface area contributed by atoms with Crippen molar-refractivity contribution >= 4 is 17.7 Å². The highest BCUT2D eigenvalue weighted by molar-refractivity contribution is 5.92. The molecule has 7 heteroatoms. The summed E-state index contributed by atoms with van der Waals surface area (Å²) in [5.41, 5.74) is 1.48. The lowest BCUT2D eigenvalue weighted by molar-refractivity contribution is -0.128. The Kier molecular flexibility index (Phi) is 4.79. The monoisotopic (exact) mass is 324 g/mol. The highest BCUT2D eigenvalue weighted by Crippen LogP contribution is 2.31. The Hall–Kier alpha value is -2.83. The van der Waals surface area contributed by atoms with E-state index in [1.807, 2.05) is 4.90 Å². The molecule has 1 fully saturated rings. The van der Waals surface area contributed by atoms with Gasteiger partial charge < -0.3 is 10.2 Å². The van der Waals surface area contributed by atoms with Crippen LogP contribution in [0.4, 0.5) is 11.8 Å². The number of hydrogen-bond donors (Lipinski definition) is 1. The minimum Gasteiger partial charge on any atom is -0.339 e. The summed E-state index contributed by atoms with van der Waals surface area (Å²) in [4.78, 5) is 31.1. The van der Waals surface area contributed by atoms with Crippen molar-refractivity contribution in [3.63, 3.8) is 0 Å². The van der Waals surface area contributed by atoms with E-state index >= 15 is 0 Å². The lowest BCUT2D eigenvalue weighted by Crippen LogP contribution is -2.38. The van der Waals surface area contributed by atoms with Crippen molar-refractivity contribution < 1.29 is 4.79 Å². The van der Waals surface area contributed by atoms with Crippen LogP contribution in [0.1, 0.15) is 31.4 Å². The molecule has 0 aromatic carbocycles. The molecule has 7 nitrogen and oxygen atoms in total. The number of rotatable bonds is 4. The average Bonchev–Trinajstić information content (AvgIpc) is 2.62. The lowest BCUT2D eigenvalue weighted by Gasteiger charge is -2.32. The summed E-state index contributed by atoms with van der Waals surface area (Å²) < 4.78 is 0. The van der Waals surface area contributed by atoms with Crippen LogP contribution in [0.15, 0.2) is 43.0 Å². The number of anilines is 2. The Bertz CT molecular complexity index is 725. The van der Waals surface area contributed by atoms with E-state index in [0.717, 1.165) is 18.5 Å². The first-order valence-electron chi connectivity index (χ1n) is 7.95. The van der Waals surface area contributed by atoms with E-state index in [1.165, 1.54) is 0 Å². The third-order valence-electron chi connectivity index (χ3n) is 4.06. The minimum absolute atomic E-state index is 0.0311. The molecule has 2 aromatic heterocycles. The van der Waals surface area contributed by atoms with E-state index in [0.29, 0.717) is 30.4 Å². The van der Waals surface area contributed by atoms with Crippen molar-refractivity contribution in [3.05, 3.63) is 48.7 Å². The average molecular weight is 324 g/mol. The molecule has 1 N–H and O–H groups in total. The zero-order chi connectivity index (χ0) is 16.9. The van der Waals surface area contributed by atoms with Gasteiger partial charge in [-0.2, -0.15) is 0 Å². The quantitative estimate of drug-likeness (QED) is 0.869. The molecule has 0 radical (unpaired) electrons. The summed E-state index contributed by atoms with van der Waals surface area (Å²) in [6.07, 6.45) is 8.39. The molecule has 0 spiro atoms. The van der Waals surface area contributed by atoms with E-state index < -0.39 is 0 Å². The maximum Gasteiger partial charge on any atom is 0.248 e. The molecular formula is C17H20N6O. The number of aromatic nitrogens is 4. The zero-order valence-electron chi connectivity index (χ0n) is 13.6. The SMILES string of the molecule is C=C(C)C(=O)N1CCC(c2nccnc2Nc2ncccn2)CC1. The molecule has 1 aliphatic rings. The molecule has 0 atom stereocenters. The van der Waals surface area contributed by atoms with Crippen molar-refractivity contribution in [2.75, 3.05) is 18.4 Å². The summed E-state index contributed by atoms with van der Waals surface area (Å²) in [7, 11) is 0. The summed E-state index contributed by atoms with van der Waals surface area (Å²) in [6.45, 7) is 6.89. The van der Waals surface area contributed by atoms with Gasteiger partial charge in [0.15, 0.2) is 5.82 Å². The van der Waals surface area contributed by atoms with Gasteiger partial charge in [-0.1, -0.05) is 6.58 Å². The van der Waals surface area contributed by atoms with Gasteiger partial charge in [0.05, 0.1) is 5.69 Å². The Morgan fingerprint density at radius 3 is 2.46 bits per heavy atom. The Balaban J connectivity index is 1.72. The third-order valence-corrected chi connectivity index (χ3v) is 4.06. The second-order valence-electron chi connectivity index (χ2n) is 5.83. The molecule has 1 amide bonds. The number of nitrogens with one attached hydrogen (secondary N) is 1. The molecule has 3 rings (SSSR count). The molecule has 0 bridgehead atoms. The highest BCUT2D eigenvalue weighted by Gasteiger charge is 2.26. The summed E-state index contributed by atoms with van der Waals surface area (Å²) in [5.74, 6) is 1.45. The molecule has 2 aromatic rings. The summed E-state index contributed by atoms with van der Waals surface area (Å²) in [6, 6.07) is 1.76. The van der Waals surface area contributed by atoms with E-state index in [1.54, 1.807) is 37.8 Å². The fourth-order valence-electron chi connectivity index (χ4n) is 2.84. The van der Waals surface area contributed by atoms with Crippen LogP contribution in [0.5, 0.6) is 0 Å². The molecular weight excluding hydrogens is 304 g/mol. The number of likely N-dealkylation sites (tertiary alicyclic amines) is 1. The predicted molar refractivity (Wildman–Crippen MR) is 90.7 cm³/mol. The van der Waals surface area contributed by atoms with E-state index in [2.05, 4.69) is 31.8 Å². The molecule has 0 aliphatic carbocycles. The van der Waals surface area contributed by atoms with Crippen molar-refractivity contribution in [3.8, 4) is 0 Å². The first-order valence-corrected chi connectivity index (χ1v) is 7.95. The van der Waals surface area contributed by atoms with Crippen molar-refractivity contribution in [2.24, 2.45) is 0 Å². The van der Waals surface area contributed by atoms with Crippen LogP contribution >= 0.6 is 0 Å². The summed E-state index contributed by atoms with van der Waals surface area (Å²) >= 11 is 0. The molecule has 3 heterocycles. The van der Waals surface area contributed by atoms with Gasteiger partial charge >= 0.3 is 0 Å². The molecule has 0 saturated carbocycles. The Morgan fingerprint density at radius 2 is 1.79 bits per heavy atom. The molecule has 0 unspecified atom stereocenters. The van der Waals surface area contributed by atoms with Crippen LogP contribution < -0.4 is 5.32 Å². The normalized spacial score (nSPS) is 15.1. The Morgan fingerprint density at radius 1 is 1.12 bits per heavy atom. The molecule has 1 saturated heterocycles. The van der Waals surface area contributed by atoms with Crippen LogP contribution in [-0.2, 0) is 4.79 Å². The second-order valence-corrected chi connectivity index (χ2v) is 5.83. The molecule has 24 heavy (non-hydrogen) atoms. The highest BCUT2D eigenvalue weighted by atomic mass is 16.2. The van der Waals surface area contributed by atoms with Gasteiger partial charge in [-0.15, -0.1) is 0 Å². The van der Waals surface area contributed by atoms with E-state index in [9.17, 15) is 4.79 Å². The number of piperidine rings is 1. The van der Waals surface area contributed by atoms with Crippen LogP contribution in [0.3, 0.4) is 0 Å². The second kappa shape index (κ2) is 7.16. The van der Waals surface area contributed by atoms with Gasteiger partial charge in [0, 0.05) is 49.4 Å². The van der Waals surface area contributed by atoms with Gasteiger partial charge in [-0.05, 0) is 25.8 Å². The maximum atomic E-state index is 12.0. The minimum atomic E-state index is 0.0311. The molecule has 1 aliphatic heterocycles. The lowest BCUT2D eigenvalue weighted by atomic mass is 9.92. The standard InChI is InChI=1S/C17H20N6O/c1-12(2)16(24)23-10-4-13(5-11-23)14-15(19-9-8-18-14)22-17-20-6-3-7-21-17/h3,6-9,13H,1,4-5,10-11H2,2H3,(H,19,20,21,22). The first kappa shape index (κ1) is 16.0. The third kappa shape index (κ3) is 3.56.